The van der Waals surface area contributed by atoms with Crippen LogP contribution in [0.1, 0.15) is 335 Å². The van der Waals surface area contributed by atoms with Crippen LogP contribution in [-0.4, -0.2) is 37.2 Å². The van der Waals surface area contributed by atoms with Gasteiger partial charge in [-0.2, -0.15) is 0 Å². The fourth-order valence-electron chi connectivity index (χ4n) is 9.49. The van der Waals surface area contributed by atoms with Crippen LogP contribution in [0, 0.1) is 0 Å². The van der Waals surface area contributed by atoms with Gasteiger partial charge >= 0.3 is 17.9 Å². The highest BCUT2D eigenvalue weighted by molar-refractivity contribution is 5.71. The number of hydrogen-bond acceptors (Lipinski definition) is 6. The van der Waals surface area contributed by atoms with Crippen LogP contribution < -0.4 is 0 Å². The van der Waals surface area contributed by atoms with E-state index in [1.165, 1.54) is 186 Å². The first-order valence-corrected chi connectivity index (χ1v) is 32.9. The number of ether oxygens (including phenoxy) is 3. The van der Waals surface area contributed by atoms with Crippen molar-refractivity contribution in [3.8, 4) is 0 Å². The molecule has 76 heavy (non-hydrogen) atoms. The molecule has 6 nitrogen and oxygen atoms in total. The van der Waals surface area contributed by atoms with Crippen molar-refractivity contribution in [1.29, 1.82) is 0 Å². The van der Waals surface area contributed by atoms with E-state index in [0.717, 1.165) is 109 Å². The highest BCUT2D eigenvalue weighted by atomic mass is 16.6. The molecule has 0 N–H and O–H groups in total. The molecule has 0 aromatic carbocycles. The van der Waals surface area contributed by atoms with Gasteiger partial charge in [0.25, 0.3) is 0 Å². The average molecular weight is 1060 g/mol. The van der Waals surface area contributed by atoms with E-state index < -0.39 is 6.10 Å². The van der Waals surface area contributed by atoms with Crippen molar-refractivity contribution in [3.05, 3.63) is 72.9 Å². The minimum atomic E-state index is -0.779. The standard InChI is InChI=1S/C70H124O6/c1-4-7-10-13-16-19-22-24-25-26-27-28-29-30-31-32-33-34-35-36-37-38-39-40-41-42-43-44-45-47-48-51-54-57-60-63-69(72)75-66-67(65-74-68(71)62-59-56-53-50-21-18-15-12-9-6-3)76-70(73)64-61-58-55-52-49-46-23-20-17-14-11-8-5-2/h7,10,12,15-16,19-20,23-25,27-28,67H,4-6,8-9,11,13-14,17-18,21-22,26,29-66H2,1-3H3/b10-7-,15-12-,19-16-,23-20-,25-24-,28-27-. The average Bonchev–Trinajstić information content (AvgIpc) is 3.42. The number of carbonyl (C=O) groups is 3. The van der Waals surface area contributed by atoms with Crippen LogP contribution in [0.3, 0.4) is 0 Å². The predicted molar refractivity (Wildman–Crippen MR) is 330 cm³/mol. The Bertz CT molecular complexity index is 1400. The maximum atomic E-state index is 12.8. The molecular weight excluding hydrogens is 937 g/mol. The van der Waals surface area contributed by atoms with Gasteiger partial charge in [0, 0.05) is 19.3 Å². The number of esters is 3. The Balaban J connectivity index is 3.99. The smallest absolute Gasteiger partial charge is 0.306 e. The molecule has 0 aliphatic carbocycles. The van der Waals surface area contributed by atoms with Crippen LogP contribution in [0.5, 0.6) is 0 Å². The summed E-state index contributed by atoms with van der Waals surface area (Å²) in [6, 6.07) is 0. The topological polar surface area (TPSA) is 78.9 Å². The Kier molecular flexibility index (Phi) is 61.7. The van der Waals surface area contributed by atoms with Gasteiger partial charge in [0.05, 0.1) is 0 Å². The van der Waals surface area contributed by atoms with Gasteiger partial charge in [0.2, 0.25) is 0 Å². The lowest BCUT2D eigenvalue weighted by atomic mass is 10.0. The summed E-state index contributed by atoms with van der Waals surface area (Å²) in [7, 11) is 0. The molecule has 0 aliphatic heterocycles. The molecule has 0 aromatic heterocycles. The SMILES string of the molecule is CC/C=C\C/C=C\C/C=C\C/C=C\CCCCCCCCCCCCCCCCCCCCCCCCC(=O)OCC(COC(=O)CCCCCCC/C=C\CCC)OC(=O)CCCCCCC/C=C\CCCCCC. The molecule has 0 heterocycles. The van der Waals surface area contributed by atoms with Crippen LogP contribution in [0.15, 0.2) is 72.9 Å². The Morgan fingerprint density at radius 3 is 0.868 bits per heavy atom. The number of hydrogen-bond donors (Lipinski definition) is 0. The number of rotatable bonds is 60. The fourth-order valence-corrected chi connectivity index (χ4v) is 9.49. The van der Waals surface area contributed by atoms with Gasteiger partial charge in [-0.15, -0.1) is 0 Å². The molecule has 0 saturated carbocycles. The molecule has 0 saturated heterocycles. The molecule has 6 heteroatoms. The summed E-state index contributed by atoms with van der Waals surface area (Å²) in [5.74, 6) is -0.883. The van der Waals surface area contributed by atoms with E-state index in [9.17, 15) is 14.4 Å². The van der Waals surface area contributed by atoms with Crippen molar-refractivity contribution in [3.63, 3.8) is 0 Å². The van der Waals surface area contributed by atoms with E-state index in [-0.39, 0.29) is 31.1 Å². The van der Waals surface area contributed by atoms with E-state index in [4.69, 9.17) is 14.2 Å². The maximum Gasteiger partial charge on any atom is 0.306 e. The summed E-state index contributed by atoms with van der Waals surface area (Å²) in [5.41, 5.74) is 0. The highest BCUT2D eigenvalue weighted by Gasteiger charge is 2.19. The molecule has 0 rings (SSSR count). The monoisotopic (exact) mass is 1060 g/mol. The molecule has 1 unspecified atom stereocenters. The lowest BCUT2D eigenvalue weighted by molar-refractivity contribution is -0.167. The van der Waals surface area contributed by atoms with E-state index in [2.05, 4.69) is 93.7 Å². The molecule has 0 radical (unpaired) electrons. The summed E-state index contributed by atoms with van der Waals surface area (Å²) < 4.78 is 16.8. The van der Waals surface area contributed by atoms with Crippen molar-refractivity contribution in [2.75, 3.05) is 13.2 Å². The number of unbranched alkanes of at least 4 members (excludes halogenated alkanes) is 37. The summed E-state index contributed by atoms with van der Waals surface area (Å²) >= 11 is 0. The van der Waals surface area contributed by atoms with Gasteiger partial charge in [-0.05, 0) is 103 Å². The minimum Gasteiger partial charge on any atom is -0.462 e. The fraction of sp³-hybridized carbons (Fsp3) is 0.786. The van der Waals surface area contributed by atoms with Gasteiger partial charge in [-0.1, -0.05) is 286 Å². The molecule has 0 spiro atoms. The molecule has 0 aliphatic rings. The van der Waals surface area contributed by atoms with Crippen LogP contribution in [0.25, 0.3) is 0 Å². The third-order valence-corrected chi connectivity index (χ3v) is 14.4. The van der Waals surface area contributed by atoms with Gasteiger partial charge in [-0.3, -0.25) is 14.4 Å². The highest BCUT2D eigenvalue weighted by Crippen LogP contribution is 2.17. The number of carbonyl (C=O) groups excluding carboxylic acids is 3. The van der Waals surface area contributed by atoms with Crippen molar-refractivity contribution in [2.45, 2.75) is 341 Å². The zero-order valence-electron chi connectivity index (χ0n) is 50.5. The van der Waals surface area contributed by atoms with Gasteiger partial charge < -0.3 is 14.2 Å². The maximum absolute atomic E-state index is 12.8. The van der Waals surface area contributed by atoms with Crippen LogP contribution in [-0.2, 0) is 28.6 Å². The van der Waals surface area contributed by atoms with E-state index in [1.54, 1.807) is 0 Å². The zero-order chi connectivity index (χ0) is 55.0. The summed E-state index contributed by atoms with van der Waals surface area (Å²) in [4.78, 5) is 38.1. The molecule has 0 aromatic rings. The first-order valence-electron chi connectivity index (χ1n) is 32.9. The van der Waals surface area contributed by atoms with Gasteiger partial charge in [0.1, 0.15) is 13.2 Å². The van der Waals surface area contributed by atoms with Gasteiger partial charge in [-0.25, -0.2) is 0 Å². The Morgan fingerprint density at radius 1 is 0.276 bits per heavy atom. The summed E-state index contributed by atoms with van der Waals surface area (Å²) in [6.45, 7) is 6.47. The first-order chi connectivity index (χ1) is 37.5. The minimum absolute atomic E-state index is 0.0768. The Labute approximate surface area is 472 Å². The van der Waals surface area contributed by atoms with E-state index in [0.29, 0.717) is 19.3 Å². The van der Waals surface area contributed by atoms with Crippen molar-refractivity contribution >= 4 is 17.9 Å². The second-order valence-electron chi connectivity index (χ2n) is 22.0. The lowest BCUT2D eigenvalue weighted by Crippen LogP contribution is -2.30. The normalized spacial score (nSPS) is 12.5. The quantitative estimate of drug-likeness (QED) is 0.0261. The van der Waals surface area contributed by atoms with Crippen LogP contribution in [0.4, 0.5) is 0 Å². The molecule has 0 amide bonds. The second kappa shape index (κ2) is 64.4. The zero-order valence-corrected chi connectivity index (χ0v) is 50.5. The molecule has 440 valence electrons. The lowest BCUT2D eigenvalue weighted by Gasteiger charge is -2.18. The Hall–Kier alpha value is -3.15. The second-order valence-corrected chi connectivity index (χ2v) is 22.0. The third-order valence-electron chi connectivity index (χ3n) is 14.4. The predicted octanol–water partition coefficient (Wildman–Crippen LogP) is 22.5. The number of allylic oxidation sites excluding steroid dienone is 12. The van der Waals surface area contributed by atoms with Crippen LogP contribution in [0.2, 0.25) is 0 Å². The summed E-state index contributed by atoms with van der Waals surface area (Å²) in [5, 5.41) is 0. The van der Waals surface area contributed by atoms with Crippen molar-refractivity contribution in [1.82, 2.24) is 0 Å². The molecule has 0 bridgehead atoms. The third kappa shape index (κ3) is 61.7. The largest absolute Gasteiger partial charge is 0.462 e. The van der Waals surface area contributed by atoms with E-state index in [1.807, 2.05) is 0 Å². The molecule has 0 fully saturated rings. The van der Waals surface area contributed by atoms with Crippen LogP contribution >= 0.6 is 0 Å². The first kappa shape index (κ1) is 72.8. The van der Waals surface area contributed by atoms with Crippen molar-refractivity contribution < 1.29 is 28.6 Å². The molecule has 1 atom stereocenters. The summed E-state index contributed by atoms with van der Waals surface area (Å²) in [6.07, 6.45) is 83.8. The Morgan fingerprint density at radius 2 is 0.539 bits per heavy atom. The van der Waals surface area contributed by atoms with E-state index >= 15 is 0 Å². The molecular formula is C70H124O6. The van der Waals surface area contributed by atoms with Crippen molar-refractivity contribution in [2.24, 2.45) is 0 Å². The van der Waals surface area contributed by atoms with Gasteiger partial charge in [0.15, 0.2) is 6.10 Å².